The molecule has 2 aromatic heterocycles. The fourth-order valence-electron chi connectivity index (χ4n) is 7.32. The number of aliphatic hydroxyl groups is 1. The van der Waals surface area contributed by atoms with Gasteiger partial charge in [0.15, 0.2) is 17.3 Å². The lowest BCUT2D eigenvalue weighted by atomic mass is 9.93. The Hall–Kier alpha value is -4.26. The molecule has 0 bridgehead atoms. The molecular weight excluding hydrogens is 597 g/mol. The Morgan fingerprint density at radius 1 is 0.957 bits per heavy atom. The molecule has 47 heavy (non-hydrogen) atoms. The van der Waals surface area contributed by atoms with E-state index >= 15 is 4.39 Å². The summed E-state index contributed by atoms with van der Waals surface area (Å²) in [5.74, 6) is -0.430. The molecule has 0 radical (unpaired) electrons. The highest BCUT2D eigenvalue weighted by atomic mass is 19.1. The molecular formula is C35H44FN9O2. The number of carbonyl (C=O) groups is 1. The lowest BCUT2D eigenvalue weighted by molar-refractivity contribution is 0.0981. The number of rotatable bonds is 8. The average Bonchev–Trinajstić information content (AvgIpc) is 3.56. The first-order valence-corrected chi connectivity index (χ1v) is 16.8. The van der Waals surface area contributed by atoms with E-state index in [4.69, 9.17) is 15.7 Å². The van der Waals surface area contributed by atoms with Gasteiger partial charge in [0, 0.05) is 79.7 Å². The zero-order valence-electron chi connectivity index (χ0n) is 26.9. The number of H-pyrrole nitrogens is 1. The number of aliphatic hydroxyl groups excluding tert-OH is 1. The minimum absolute atomic E-state index is 0.0346. The topological polar surface area (TPSA) is 139 Å². The number of benzene rings is 2. The van der Waals surface area contributed by atoms with Gasteiger partial charge in [-0.3, -0.25) is 9.69 Å². The number of halogens is 1. The molecule has 1 saturated carbocycles. The number of hydrogen-bond donors (Lipinski definition) is 5. The minimum Gasteiger partial charge on any atom is -0.393 e. The van der Waals surface area contributed by atoms with E-state index in [1.165, 1.54) is 6.07 Å². The summed E-state index contributed by atoms with van der Waals surface area (Å²) in [6.45, 7) is 5.99. The third-order valence-corrected chi connectivity index (χ3v) is 10.1. The number of likely N-dealkylation sites (N-methyl/N-ethyl adjacent to an activating group) is 1. The second-order valence-electron chi connectivity index (χ2n) is 13.2. The highest BCUT2D eigenvalue weighted by molar-refractivity contribution is 6.00. The lowest BCUT2D eigenvalue weighted by Crippen LogP contribution is -2.52. The van der Waals surface area contributed by atoms with Crippen LogP contribution < -0.4 is 21.3 Å². The van der Waals surface area contributed by atoms with Crippen LogP contribution >= 0.6 is 0 Å². The Morgan fingerprint density at radius 2 is 1.72 bits per heavy atom. The number of hydrogen-bond acceptors (Lipinski definition) is 9. The molecule has 0 spiro atoms. The summed E-state index contributed by atoms with van der Waals surface area (Å²) in [6, 6.07) is 13.5. The molecule has 4 aromatic rings. The summed E-state index contributed by atoms with van der Waals surface area (Å²) >= 11 is 0. The summed E-state index contributed by atoms with van der Waals surface area (Å²) in [7, 11) is 2.17. The maximum Gasteiger partial charge on any atom is 0.271 e. The van der Waals surface area contributed by atoms with Crippen molar-refractivity contribution in [3.8, 4) is 11.3 Å². The number of nitrogens with two attached hydrogens (primary N) is 1. The van der Waals surface area contributed by atoms with Crippen molar-refractivity contribution in [3.63, 3.8) is 0 Å². The number of nitrogens with one attached hydrogen (secondary N) is 3. The zero-order valence-corrected chi connectivity index (χ0v) is 26.9. The van der Waals surface area contributed by atoms with Crippen LogP contribution in [0.3, 0.4) is 0 Å². The Bertz CT molecular complexity index is 1720. The summed E-state index contributed by atoms with van der Waals surface area (Å²) in [5, 5.41) is 17.7. The maximum atomic E-state index is 15.7. The highest BCUT2D eigenvalue weighted by Gasteiger charge is 2.28. The number of primary amides is 1. The second-order valence-corrected chi connectivity index (χ2v) is 13.2. The molecule has 6 N–H and O–H groups in total. The van der Waals surface area contributed by atoms with Crippen LogP contribution in [0.25, 0.3) is 22.2 Å². The van der Waals surface area contributed by atoms with Crippen LogP contribution in [0.4, 0.5) is 27.4 Å². The first-order valence-electron chi connectivity index (χ1n) is 16.8. The van der Waals surface area contributed by atoms with Gasteiger partial charge in [-0.1, -0.05) is 12.1 Å². The predicted octanol–water partition coefficient (Wildman–Crippen LogP) is 4.54. The molecule has 0 unspecified atom stereocenters. The Morgan fingerprint density at radius 3 is 2.45 bits per heavy atom. The van der Waals surface area contributed by atoms with Crippen LogP contribution in [0, 0.1) is 5.82 Å². The van der Waals surface area contributed by atoms with Crippen molar-refractivity contribution >= 4 is 39.8 Å². The van der Waals surface area contributed by atoms with E-state index < -0.39 is 5.91 Å². The molecule has 248 valence electrons. The maximum absolute atomic E-state index is 15.7. The SMILES string of the molecule is CN1CCN(C2CCN(c3ccc(Nc4nc(NC5CCC(O)CC5)c(-c5cccc6[nH]ccc56)nc4C(N)=O)cc3F)CC2)CC1. The molecule has 0 atom stereocenters. The molecule has 1 aliphatic carbocycles. The molecule has 2 aromatic carbocycles. The van der Waals surface area contributed by atoms with E-state index in [1.54, 1.807) is 6.07 Å². The van der Waals surface area contributed by atoms with E-state index in [0.29, 0.717) is 41.8 Å². The van der Waals surface area contributed by atoms with Gasteiger partial charge in [-0.25, -0.2) is 14.4 Å². The molecule has 3 fully saturated rings. The standard InChI is InChI=1S/C35H44FN9O2/c1-43-17-19-44(20-18-43)24-12-15-45(16-13-24)30-10-7-23(21-28(30)36)40-35-32(33(37)47)41-31(27-3-2-4-29-26(27)11-14-38-29)34(42-35)39-22-5-8-25(46)9-6-22/h2-4,7,10-11,14,21-22,24-25,38,46H,5-6,8-9,12-13,15-20H2,1H3,(H2,37,47)(H2,39,40,42). The zero-order chi connectivity index (χ0) is 32.5. The van der Waals surface area contributed by atoms with E-state index in [9.17, 15) is 9.90 Å². The Balaban J connectivity index is 1.14. The van der Waals surface area contributed by atoms with Crippen LogP contribution in [0.2, 0.25) is 0 Å². The van der Waals surface area contributed by atoms with Crippen molar-refractivity contribution < 1.29 is 14.3 Å². The fraction of sp³-hybridized carbons (Fsp3) is 0.457. The van der Waals surface area contributed by atoms with Crippen LogP contribution in [0.5, 0.6) is 0 Å². The molecule has 2 aliphatic heterocycles. The number of carbonyl (C=O) groups excluding carboxylic acids is 1. The number of nitrogens with zero attached hydrogens (tertiary/aromatic N) is 5. The summed E-state index contributed by atoms with van der Waals surface area (Å²) in [6.07, 6.45) is 6.51. The fourth-order valence-corrected chi connectivity index (χ4v) is 7.32. The minimum atomic E-state index is -0.741. The summed E-state index contributed by atoms with van der Waals surface area (Å²) in [4.78, 5) is 32.7. The number of piperidine rings is 1. The number of aromatic amines is 1. The number of aromatic nitrogens is 3. The number of piperazine rings is 1. The van der Waals surface area contributed by atoms with Gasteiger partial charge in [0.2, 0.25) is 0 Å². The molecule has 4 heterocycles. The number of fused-ring (bicyclic) bond motifs is 1. The van der Waals surface area contributed by atoms with E-state index in [2.05, 4.69) is 37.4 Å². The third kappa shape index (κ3) is 6.76. The first kappa shape index (κ1) is 31.3. The van der Waals surface area contributed by atoms with Gasteiger partial charge in [-0.05, 0) is 75.9 Å². The van der Waals surface area contributed by atoms with Crippen molar-refractivity contribution in [2.24, 2.45) is 5.73 Å². The Labute approximate surface area is 274 Å². The molecule has 7 rings (SSSR count). The van der Waals surface area contributed by atoms with Gasteiger partial charge >= 0.3 is 0 Å². The van der Waals surface area contributed by atoms with Crippen LogP contribution in [0.1, 0.15) is 49.0 Å². The molecule has 11 nitrogen and oxygen atoms in total. The van der Waals surface area contributed by atoms with Gasteiger partial charge in [-0.15, -0.1) is 0 Å². The third-order valence-electron chi connectivity index (χ3n) is 10.1. The van der Waals surface area contributed by atoms with Crippen molar-refractivity contribution in [1.82, 2.24) is 24.8 Å². The monoisotopic (exact) mass is 641 g/mol. The summed E-state index contributed by atoms with van der Waals surface area (Å²) in [5.41, 5.74) is 9.08. The van der Waals surface area contributed by atoms with E-state index in [-0.39, 0.29) is 29.5 Å². The van der Waals surface area contributed by atoms with E-state index in [1.807, 2.05) is 36.5 Å². The van der Waals surface area contributed by atoms with Gasteiger partial charge in [0.1, 0.15) is 11.5 Å². The predicted molar refractivity (Wildman–Crippen MR) is 184 cm³/mol. The second kappa shape index (κ2) is 13.5. The van der Waals surface area contributed by atoms with Gasteiger partial charge in [0.25, 0.3) is 5.91 Å². The smallest absolute Gasteiger partial charge is 0.271 e. The molecule has 3 aliphatic rings. The van der Waals surface area contributed by atoms with Gasteiger partial charge in [0.05, 0.1) is 11.8 Å². The van der Waals surface area contributed by atoms with Crippen LogP contribution in [0.15, 0.2) is 48.7 Å². The van der Waals surface area contributed by atoms with Crippen LogP contribution in [-0.4, -0.2) is 100 Å². The Kier molecular flexibility index (Phi) is 8.98. The summed E-state index contributed by atoms with van der Waals surface area (Å²) < 4.78 is 15.7. The van der Waals surface area contributed by atoms with Crippen molar-refractivity contribution in [2.75, 3.05) is 61.8 Å². The normalized spacial score (nSPS) is 21.6. The van der Waals surface area contributed by atoms with Crippen molar-refractivity contribution in [2.45, 2.75) is 56.7 Å². The van der Waals surface area contributed by atoms with E-state index in [0.717, 1.165) is 81.4 Å². The number of anilines is 4. The number of amides is 1. The average molecular weight is 642 g/mol. The van der Waals surface area contributed by atoms with Gasteiger partial charge in [-0.2, -0.15) is 0 Å². The lowest BCUT2D eigenvalue weighted by Gasteiger charge is -2.42. The molecule has 12 heteroatoms. The molecule has 1 amide bonds. The first-order chi connectivity index (χ1) is 22.8. The quantitative estimate of drug-likeness (QED) is 0.188. The largest absolute Gasteiger partial charge is 0.393 e. The van der Waals surface area contributed by atoms with Gasteiger partial charge < -0.3 is 36.3 Å². The highest BCUT2D eigenvalue weighted by Crippen LogP contribution is 2.36. The van der Waals surface area contributed by atoms with Crippen molar-refractivity contribution in [1.29, 1.82) is 0 Å². The van der Waals surface area contributed by atoms with Crippen molar-refractivity contribution in [3.05, 3.63) is 60.2 Å². The molecule has 2 saturated heterocycles. The van der Waals surface area contributed by atoms with Crippen LogP contribution in [-0.2, 0) is 0 Å².